The predicted molar refractivity (Wildman–Crippen MR) is 112 cm³/mol. The highest BCUT2D eigenvalue weighted by atomic mass is 35.5. The molecule has 3 rings (SSSR count). The summed E-state index contributed by atoms with van der Waals surface area (Å²) in [7, 11) is -1.83. The molecule has 2 aromatic rings. The molecule has 0 aliphatic carbocycles. The van der Waals surface area contributed by atoms with Gasteiger partial charge in [0, 0.05) is 29.9 Å². The second-order valence-electron chi connectivity index (χ2n) is 7.14. The van der Waals surface area contributed by atoms with E-state index in [1.54, 1.807) is 27.8 Å². The van der Waals surface area contributed by atoms with Gasteiger partial charge in [0.1, 0.15) is 6.54 Å². The molecule has 10 heteroatoms. The van der Waals surface area contributed by atoms with Gasteiger partial charge in [0.2, 0.25) is 15.9 Å². The molecular formula is C19H25ClN4O4S. The van der Waals surface area contributed by atoms with Crippen molar-refractivity contribution in [1.29, 1.82) is 0 Å². The third-order valence-electron chi connectivity index (χ3n) is 5.12. The first kappa shape index (κ1) is 21.6. The van der Waals surface area contributed by atoms with Gasteiger partial charge in [-0.15, -0.1) is 0 Å². The maximum absolute atomic E-state index is 13.2. The molecule has 2 heterocycles. The van der Waals surface area contributed by atoms with Crippen LogP contribution in [-0.4, -0.2) is 61.6 Å². The normalized spacial score (nSPS) is 17.4. The molecule has 1 unspecified atom stereocenters. The highest BCUT2D eigenvalue weighted by Gasteiger charge is 2.34. The number of morpholine rings is 1. The lowest BCUT2D eigenvalue weighted by Crippen LogP contribution is -2.48. The van der Waals surface area contributed by atoms with Crippen molar-refractivity contribution in [3.05, 3.63) is 46.2 Å². The molecule has 0 radical (unpaired) electrons. The Morgan fingerprint density at radius 1 is 1.38 bits per heavy atom. The van der Waals surface area contributed by atoms with Crippen molar-refractivity contribution in [2.45, 2.75) is 19.9 Å². The molecule has 1 aromatic heterocycles. The van der Waals surface area contributed by atoms with Crippen molar-refractivity contribution >= 4 is 33.2 Å². The van der Waals surface area contributed by atoms with Crippen LogP contribution in [0.2, 0.25) is 5.02 Å². The first-order chi connectivity index (χ1) is 13.6. The van der Waals surface area contributed by atoms with Crippen LogP contribution in [0.25, 0.3) is 0 Å². The first-order valence-electron chi connectivity index (χ1n) is 9.20. The number of hydrogen-bond acceptors (Lipinski definition) is 5. The SMILES string of the molecule is Cc1nn(C)c(C)c1C1COCCN1C(=O)CN(c1cccc(Cl)c1)S(C)(=O)=O. The monoisotopic (exact) mass is 440 g/mol. The Morgan fingerprint density at radius 2 is 2.10 bits per heavy atom. The maximum atomic E-state index is 13.2. The van der Waals surface area contributed by atoms with Crippen LogP contribution in [0.4, 0.5) is 5.69 Å². The number of halogens is 1. The van der Waals surface area contributed by atoms with E-state index >= 15 is 0 Å². The van der Waals surface area contributed by atoms with Crippen molar-refractivity contribution in [2.75, 3.05) is 36.9 Å². The summed E-state index contributed by atoms with van der Waals surface area (Å²) in [6.07, 6.45) is 1.08. The van der Waals surface area contributed by atoms with E-state index in [0.29, 0.717) is 30.5 Å². The molecule has 1 amide bonds. The van der Waals surface area contributed by atoms with Gasteiger partial charge in [-0.3, -0.25) is 13.8 Å². The molecule has 0 saturated carbocycles. The lowest BCUT2D eigenvalue weighted by atomic mass is 10.0. The fourth-order valence-electron chi connectivity index (χ4n) is 3.66. The zero-order valence-electron chi connectivity index (χ0n) is 16.9. The first-order valence-corrected chi connectivity index (χ1v) is 11.4. The summed E-state index contributed by atoms with van der Waals surface area (Å²) < 4.78 is 33.3. The number of rotatable bonds is 5. The van der Waals surface area contributed by atoms with Gasteiger partial charge in [-0.2, -0.15) is 5.10 Å². The number of sulfonamides is 1. The summed E-state index contributed by atoms with van der Waals surface area (Å²) in [6.45, 7) is 4.65. The number of aromatic nitrogens is 2. The number of nitrogens with zero attached hydrogens (tertiary/aromatic N) is 4. The summed E-state index contributed by atoms with van der Waals surface area (Å²) in [4.78, 5) is 14.9. The van der Waals surface area contributed by atoms with Gasteiger partial charge >= 0.3 is 0 Å². The van der Waals surface area contributed by atoms with E-state index in [1.807, 2.05) is 20.9 Å². The van der Waals surface area contributed by atoms with Gasteiger partial charge in [-0.1, -0.05) is 17.7 Å². The van der Waals surface area contributed by atoms with Gasteiger partial charge in [-0.05, 0) is 32.0 Å². The van der Waals surface area contributed by atoms with Gasteiger partial charge < -0.3 is 9.64 Å². The summed E-state index contributed by atoms with van der Waals surface area (Å²) in [6, 6.07) is 6.14. The van der Waals surface area contributed by atoms with E-state index in [0.717, 1.165) is 27.5 Å². The van der Waals surface area contributed by atoms with Crippen LogP contribution in [0.15, 0.2) is 24.3 Å². The molecule has 1 atom stereocenters. The minimum Gasteiger partial charge on any atom is -0.377 e. The lowest BCUT2D eigenvalue weighted by molar-refractivity contribution is -0.138. The molecule has 0 spiro atoms. The summed E-state index contributed by atoms with van der Waals surface area (Å²) in [5, 5.41) is 4.84. The van der Waals surface area contributed by atoms with Gasteiger partial charge in [0.15, 0.2) is 0 Å². The molecule has 1 aromatic carbocycles. The topological polar surface area (TPSA) is 84.7 Å². The van der Waals surface area contributed by atoms with Crippen LogP contribution < -0.4 is 4.31 Å². The van der Waals surface area contributed by atoms with E-state index in [4.69, 9.17) is 16.3 Å². The number of anilines is 1. The standard InChI is InChI=1S/C19H25ClN4O4S/c1-13-19(14(2)22(3)21-13)17-12-28-9-8-23(17)18(25)11-24(29(4,26)27)16-7-5-6-15(20)10-16/h5-7,10,17H,8-9,11-12H2,1-4H3. The molecular weight excluding hydrogens is 416 g/mol. The second-order valence-corrected chi connectivity index (χ2v) is 9.48. The van der Waals surface area contributed by atoms with Gasteiger partial charge in [-0.25, -0.2) is 8.42 Å². The summed E-state index contributed by atoms with van der Waals surface area (Å²) in [5.74, 6) is -0.300. The second kappa shape index (κ2) is 8.33. The van der Waals surface area contributed by atoms with Crippen LogP contribution >= 0.6 is 11.6 Å². The van der Waals surface area contributed by atoms with Crippen LogP contribution in [0, 0.1) is 13.8 Å². The van der Waals surface area contributed by atoms with E-state index < -0.39 is 10.0 Å². The fourth-order valence-corrected chi connectivity index (χ4v) is 4.68. The lowest BCUT2D eigenvalue weighted by Gasteiger charge is -2.37. The molecule has 0 bridgehead atoms. The number of benzene rings is 1. The van der Waals surface area contributed by atoms with Gasteiger partial charge in [0.05, 0.1) is 36.9 Å². The third kappa shape index (κ3) is 4.57. The number of aryl methyl sites for hydroxylation is 2. The van der Waals surface area contributed by atoms with Crippen molar-refractivity contribution in [1.82, 2.24) is 14.7 Å². The van der Waals surface area contributed by atoms with Crippen LogP contribution in [0.3, 0.4) is 0 Å². The van der Waals surface area contributed by atoms with E-state index in [1.165, 1.54) is 6.07 Å². The zero-order chi connectivity index (χ0) is 21.3. The Hall–Kier alpha value is -2.10. The number of carbonyl (C=O) groups excluding carboxylic acids is 1. The van der Waals surface area contributed by atoms with Crippen molar-refractivity contribution < 1.29 is 17.9 Å². The van der Waals surface area contributed by atoms with E-state index in [9.17, 15) is 13.2 Å². The molecule has 158 valence electrons. The summed E-state index contributed by atoms with van der Waals surface area (Å²) >= 11 is 6.02. The Kier molecular flexibility index (Phi) is 6.21. The molecule has 1 fully saturated rings. The minimum atomic E-state index is -3.68. The molecule has 1 saturated heterocycles. The molecule has 0 N–H and O–H groups in total. The molecule has 1 aliphatic rings. The Bertz CT molecular complexity index is 1020. The van der Waals surface area contributed by atoms with E-state index in [-0.39, 0.29) is 18.5 Å². The molecule has 8 nitrogen and oxygen atoms in total. The minimum absolute atomic E-state index is 0.300. The van der Waals surface area contributed by atoms with Crippen LogP contribution in [-0.2, 0) is 26.6 Å². The summed E-state index contributed by atoms with van der Waals surface area (Å²) in [5.41, 5.74) is 3.07. The van der Waals surface area contributed by atoms with Crippen molar-refractivity contribution in [3.63, 3.8) is 0 Å². The largest absolute Gasteiger partial charge is 0.377 e. The van der Waals surface area contributed by atoms with E-state index in [2.05, 4.69) is 5.10 Å². The molecule has 1 aliphatic heterocycles. The smallest absolute Gasteiger partial charge is 0.244 e. The van der Waals surface area contributed by atoms with Crippen LogP contribution in [0.1, 0.15) is 23.0 Å². The maximum Gasteiger partial charge on any atom is 0.244 e. The van der Waals surface area contributed by atoms with Gasteiger partial charge in [0.25, 0.3) is 0 Å². The van der Waals surface area contributed by atoms with Crippen molar-refractivity contribution in [3.8, 4) is 0 Å². The number of carbonyl (C=O) groups is 1. The fraction of sp³-hybridized carbons (Fsp3) is 0.474. The zero-order valence-corrected chi connectivity index (χ0v) is 18.5. The Morgan fingerprint density at radius 3 is 2.69 bits per heavy atom. The average molecular weight is 441 g/mol. The number of amides is 1. The number of hydrogen-bond donors (Lipinski definition) is 0. The average Bonchev–Trinajstić information content (AvgIpc) is 2.90. The quantitative estimate of drug-likeness (QED) is 0.710. The third-order valence-corrected chi connectivity index (χ3v) is 6.50. The highest BCUT2D eigenvalue weighted by Crippen LogP contribution is 2.30. The Labute approximate surface area is 176 Å². The van der Waals surface area contributed by atoms with Crippen molar-refractivity contribution in [2.24, 2.45) is 7.05 Å². The Balaban J connectivity index is 1.92. The highest BCUT2D eigenvalue weighted by molar-refractivity contribution is 7.92. The predicted octanol–water partition coefficient (Wildman–Crippen LogP) is 2.06. The molecule has 29 heavy (non-hydrogen) atoms. The van der Waals surface area contributed by atoms with Crippen LogP contribution in [0.5, 0.6) is 0 Å². The number of ether oxygens (including phenoxy) is 1.